The highest BCUT2D eigenvalue weighted by atomic mass is 16.3. The summed E-state index contributed by atoms with van der Waals surface area (Å²) in [5.74, 6) is -0.0914. The third-order valence-electron chi connectivity index (χ3n) is 15.0. The molecule has 2 atom stereocenters. The summed E-state index contributed by atoms with van der Waals surface area (Å²) in [7, 11) is 0. The number of amides is 1. The van der Waals surface area contributed by atoms with E-state index in [1.54, 1.807) is 6.08 Å². The van der Waals surface area contributed by atoms with Crippen molar-refractivity contribution in [2.45, 2.75) is 321 Å². The van der Waals surface area contributed by atoms with Crippen LogP contribution in [0.25, 0.3) is 0 Å². The van der Waals surface area contributed by atoms with Crippen molar-refractivity contribution in [3.05, 3.63) is 158 Å². The van der Waals surface area contributed by atoms with Crippen LogP contribution in [0.1, 0.15) is 309 Å². The first kappa shape index (κ1) is 78.0. The number of nitrogens with one attached hydrogen (secondary N) is 1. The summed E-state index contributed by atoms with van der Waals surface area (Å²) >= 11 is 0. The summed E-state index contributed by atoms with van der Waals surface area (Å²) in [6.07, 6.45) is 113. The first-order valence-corrected chi connectivity index (χ1v) is 34.7. The number of hydrogen-bond acceptors (Lipinski definition) is 3. The van der Waals surface area contributed by atoms with Gasteiger partial charge in [0.1, 0.15) is 0 Å². The van der Waals surface area contributed by atoms with Gasteiger partial charge in [0.15, 0.2) is 0 Å². The Hall–Kier alpha value is -3.99. The van der Waals surface area contributed by atoms with Crippen LogP contribution in [0.3, 0.4) is 0 Å². The second-order valence-corrected chi connectivity index (χ2v) is 22.9. The van der Waals surface area contributed by atoms with E-state index >= 15 is 0 Å². The molecule has 82 heavy (non-hydrogen) atoms. The minimum atomic E-state index is -0.864. The lowest BCUT2D eigenvalue weighted by molar-refractivity contribution is -0.123. The Bertz CT molecular complexity index is 1710. The van der Waals surface area contributed by atoms with Crippen LogP contribution in [-0.4, -0.2) is 34.9 Å². The van der Waals surface area contributed by atoms with E-state index < -0.39 is 12.1 Å². The van der Waals surface area contributed by atoms with E-state index in [2.05, 4.69) is 165 Å². The third-order valence-corrected chi connectivity index (χ3v) is 15.0. The van der Waals surface area contributed by atoms with Crippen molar-refractivity contribution >= 4 is 5.91 Å². The van der Waals surface area contributed by atoms with E-state index in [0.717, 1.165) is 122 Å². The zero-order chi connectivity index (χ0) is 59.1. The van der Waals surface area contributed by atoms with Crippen molar-refractivity contribution in [1.29, 1.82) is 0 Å². The SMILES string of the molecule is CC/C=C\C/C=C\C/C=C\C/C=C\C/C=C\C/C=C\C/C=C\C/C=C\C/C=C\C/C=C\C/C=C\C/C=C\CCCCCCC(=O)NC(CO)C(O)/C=C/CCCCCCCCCCCCCCCCCCCCCCCCCCCCC. The Labute approximate surface area is 509 Å². The third kappa shape index (κ3) is 66.8. The van der Waals surface area contributed by atoms with Gasteiger partial charge in [0.2, 0.25) is 5.91 Å². The summed E-state index contributed by atoms with van der Waals surface area (Å²) in [5.41, 5.74) is 0. The van der Waals surface area contributed by atoms with E-state index in [4.69, 9.17) is 0 Å². The van der Waals surface area contributed by atoms with Crippen molar-refractivity contribution < 1.29 is 15.0 Å². The topological polar surface area (TPSA) is 69.6 Å². The van der Waals surface area contributed by atoms with Crippen LogP contribution in [0.2, 0.25) is 0 Å². The van der Waals surface area contributed by atoms with Gasteiger partial charge in [0.25, 0.3) is 0 Å². The minimum Gasteiger partial charge on any atom is -0.394 e. The summed E-state index contributed by atoms with van der Waals surface area (Å²) in [6, 6.07) is -0.650. The normalized spacial score (nSPS) is 13.8. The zero-order valence-corrected chi connectivity index (χ0v) is 53.7. The Morgan fingerprint density at radius 3 is 0.805 bits per heavy atom. The number of allylic oxidation sites excluding steroid dienone is 25. The Kier molecular flexibility index (Phi) is 67.8. The van der Waals surface area contributed by atoms with Crippen molar-refractivity contribution in [1.82, 2.24) is 5.32 Å². The highest BCUT2D eigenvalue weighted by Gasteiger charge is 2.18. The summed E-state index contributed by atoms with van der Waals surface area (Å²) in [6.45, 7) is 4.20. The first-order valence-electron chi connectivity index (χ1n) is 34.7. The molecule has 0 saturated heterocycles. The molecular formula is C78H131NO3. The number of aliphatic hydroxyl groups excluding tert-OH is 2. The van der Waals surface area contributed by atoms with E-state index in [1.165, 1.54) is 167 Å². The van der Waals surface area contributed by atoms with Gasteiger partial charge in [0.05, 0.1) is 18.8 Å². The second kappa shape index (κ2) is 71.3. The minimum absolute atomic E-state index is 0.0914. The average molecular weight is 1130 g/mol. The molecule has 0 aromatic carbocycles. The van der Waals surface area contributed by atoms with Crippen LogP contribution in [0.5, 0.6) is 0 Å². The van der Waals surface area contributed by atoms with E-state index in [0.29, 0.717) is 6.42 Å². The lowest BCUT2D eigenvalue weighted by atomic mass is 10.0. The lowest BCUT2D eigenvalue weighted by Crippen LogP contribution is -2.45. The highest BCUT2D eigenvalue weighted by Crippen LogP contribution is 2.17. The van der Waals surface area contributed by atoms with Crippen molar-refractivity contribution in [3.8, 4) is 0 Å². The van der Waals surface area contributed by atoms with Gasteiger partial charge >= 0.3 is 0 Å². The number of rotatable bonds is 62. The van der Waals surface area contributed by atoms with Crippen LogP contribution in [0.15, 0.2) is 158 Å². The molecule has 0 heterocycles. The molecule has 4 heteroatoms. The van der Waals surface area contributed by atoms with E-state index in [1.807, 2.05) is 6.08 Å². The van der Waals surface area contributed by atoms with Gasteiger partial charge in [-0.3, -0.25) is 4.79 Å². The zero-order valence-electron chi connectivity index (χ0n) is 53.7. The summed E-state index contributed by atoms with van der Waals surface area (Å²) in [5, 5.41) is 23.3. The molecule has 3 N–H and O–H groups in total. The van der Waals surface area contributed by atoms with Gasteiger partial charge in [-0.1, -0.05) is 352 Å². The molecule has 0 bridgehead atoms. The molecule has 466 valence electrons. The average Bonchev–Trinajstić information content (AvgIpc) is 3.50. The maximum absolute atomic E-state index is 12.5. The molecule has 0 aromatic rings. The monoisotopic (exact) mass is 1130 g/mol. The van der Waals surface area contributed by atoms with Gasteiger partial charge in [0, 0.05) is 6.42 Å². The molecule has 0 aliphatic carbocycles. The Morgan fingerprint density at radius 1 is 0.305 bits per heavy atom. The predicted molar refractivity (Wildman–Crippen MR) is 368 cm³/mol. The van der Waals surface area contributed by atoms with Gasteiger partial charge in [-0.2, -0.15) is 0 Å². The fourth-order valence-electron chi connectivity index (χ4n) is 9.81. The van der Waals surface area contributed by atoms with Crippen molar-refractivity contribution in [2.24, 2.45) is 0 Å². The second-order valence-electron chi connectivity index (χ2n) is 22.9. The number of hydrogen-bond donors (Lipinski definition) is 3. The quantitative estimate of drug-likeness (QED) is 0.0420. The fourth-order valence-corrected chi connectivity index (χ4v) is 9.81. The standard InChI is InChI=1S/C78H131NO3/c1-3-5-7-9-11-13-15-17-19-21-23-25-27-29-31-33-34-35-36-37-38-39-40-41-42-43-44-46-48-50-52-54-56-58-60-62-64-66-68-70-72-74-78(82)79-76(75-80)77(81)73-71-69-67-65-63-61-59-57-55-53-51-49-47-45-32-30-28-26-24-22-20-18-16-14-12-10-8-6-4-2/h5,7,11,13,17,19,23,25,29,31,34-35,37-38,40-41,43-44,48,50,54,56,60,62,71,73,76-77,80-81H,3-4,6,8-10,12,14-16,18,20-22,24,26-28,30,32-33,36,39,42,45-47,49,51-53,55,57-59,61,63-70,72,74-75H2,1-2H3,(H,79,82)/b7-5-,13-11-,19-17-,25-23-,31-29-,35-34-,38-37-,41-40-,44-43-,50-48-,56-54-,62-60-,73-71+. The molecule has 0 aliphatic rings. The number of carbonyl (C=O) groups is 1. The lowest BCUT2D eigenvalue weighted by Gasteiger charge is -2.20. The fraction of sp³-hybridized carbons (Fsp3) is 0.654. The van der Waals surface area contributed by atoms with Crippen molar-refractivity contribution in [3.63, 3.8) is 0 Å². The Morgan fingerprint density at radius 2 is 0.537 bits per heavy atom. The van der Waals surface area contributed by atoms with Crippen molar-refractivity contribution in [2.75, 3.05) is 6.61 Å². The van der Waals surface area contributed by atoms with E-state index in [-0.39, 0.29) is 12.5 Å². The smallest absolute Gasteiger partial charge is 0.220 e. The number of aliphatic hydroxyl groups is 2. The molecule has 2 unspecified atom stereocenters. The van der Waals surface area contributed by atoms with Crippen LogP contribution >= 0.6 is 0 Å². The molecule has 0 aliphatic heterocycles. The molecular weight excluding hydrogens is 999 g/mol. The van der Waals surface area contributed by atoms with Crippen LogP contribution in [-0.2, 0) is 4.79 Å². The molecule has 0 rings (SSSR count). The highest BCUT2D eigenvalue weighted by molar-refractivity contribution is 5.76. The molecule has 0 aromatic heterocycles. The van der Waals surface area contributed by atoms with Gasteiger partial charge < -0.3 is 15.5 Å². The summed E-state index contributed by atoms with van der Waals surface area (Å²) in [4.78, 5) is 12.5. The Balaban J connectivity index is 3.64. The maximum atomic E-state index is 12.5. The van der Waals surface area contributed by atoms with Crippen LogP contribution in [0, 0.1) is 0 Å². The molecule has 0 radical (unpaired) electrons. The van der Waals surface area contributed by atoms with Crippen LogP contribution in [0.4, 0.5) is 0 Å². The maximum Gasteiger partial charge on any atom is 0.220 e. The largest absolute Gasteiger partial charge is 0.394 e. The number of unbranched alkanes of at least 4 members (excludes halogenated alkanes) is 31. The van der Waals surface area contributed by atoms with Gasteiger partial charge in [-0.15, -0.1) is 0 Å². The van der Waals surface area contributed by atoms with Gasteiger partial charge in [-0.05, 0) is 109 Å². The summed E-state index contributed by atoms with van der Waals surface area (Å²) < 4.78 is 0. The van der Waals surface area contributed by atoms with Crippen LogP contribution < -0.4 is 5.32 Å². The van der Waals surface area contributed by atoms with Gasteiger partial charge in [-0.25, -0.2) is 0 Å². The predicted octanol–water partition coefficient (Wildman–Crippen LogP) is 24.0. The molecule has 0 saturated carbocycles. The molecule has 1 amide bonds. The molecule has 0 spiro atoms. The first-order chi connectivity index (χ1) is 40.7. The molecule has 4 nitrogen and oxygen atoms in total. The number of carbonyl (C=O) groups excluding carboxylic acids is 1. The van der Waals surface area contributed by atoms with E-state index in [9.17, 15) is 15.0 Å². The molecule has 0 fully saturated rings.